The van der Waals surface area contributed by atoms with Crippen LogP contribution in [0, 0.1) is 5.82 Å². The molecule has 0 aliphatic heterocycles. The quantitative estimate of drug-likeness (QED) is 0.176. The zero-order chi connectivity index (χ0) is 27.4. The van der Waals surface area contributed by atoms with Crippen LogP contribution in [0.15, 0.2) is 107 Å². The van der Waals surface area contributed by atoms with Crippen molar-refractivity contribution >= 4 is 28.6 Å². The molecule has 5 aromatic rings. The van der Waals surface area contributed by atoms with E-state index in [0.717, 1.165) is 5.56 Å². The molecule has 0 atom stereocenters. The average molecular weight is 540 g/mol. The first-order valence-electron chi connectivity index (χ1n) is 12.3. The fourth-order valence-electron chi connectivity index (χ4n) is 4.26. The minimum Gasteiger partial charge on any atom is -0.497 e. The van der Waals surface area contributed by atoms with E-state index in [9.17, 15) is 14.0 Å². The molecule has 0 aliphatic carbocycles. The minimum atomic E-state index is -0.321. The van der Waals surface area contributed by atoms with Gasteiger partial charge in [0.1, 0.15) is 11.6 Å². The maximum atomic E-state index is 14.3. The molecule has 1 amide bonds. The zero-order valence-corrected chi connectivity index (χ0v) is 22.3. The minimum absolute atomic E-state index is 0.178. The third kappa shape index (κ3) is 5.71. The molecule has 0 N–H and O–H groups in total. The molecule has 0 saturated heterocycles. The Morgan fingerprint density at radius 3 is 2.41 bits per heavy atom. The zero-order valence-electron chi connectivity index (χ0n) is 21.5. The van der Waals surface area contributed by atoms with Crippen LogP contribution in [0.4, 0.5) is 4.39 Å². The lowest BCUT2D eigenvalue weighted by molar-refractivity contribution is 0.0785. The van der Waals surface area contributed by atoms with Gasteiger partial charge in [-0.1, -0.05) is 60.3 Å². The van der Waals surface area contributed by atoms with Gasteiger partial charge in [-0.25, -0.2) is 9.37 Å². The maximum Gasteiger partial charge on any atom is 0.266 e. The number of ether oxygens (including phenoxy) is 1. The summed E-state index contributed by atoms with van der Waals surface area (Å²) in [6.07, 6.45) is 0. The molecule has 196 valence electrons. The van der Waals surface area contributed by atoms with Crippen LogP contribution >= 0.6 is 11.8 Å². The molecule has 0 fully saturated rings. The van der Waals surface area contributed by atoms with Crippen molar-refractivity contribution in [1.29, 1.82) is 0 Å². The highest BCUT2D eigenvalue weighted by atomic mass is 32.2. The standard InChI is InChI=1S/C31H26FN3O3S/c1-34(19-21-8-4-3-5-9-21)29(36)22-12-17-26-28(18-22)33-31(39-20-23-10-6-7-11-27(23)32)35(30(26)37)24-13-15-25(38-2)16-14-24/h3-18H,19-20H2,1-2H3. The van der Waals surface area contributed by atoms with Crippen LogP contribution in [0.2, 0.25) is 0 Å². The molecule has 39 heavy (non-hydrogen) atoms. The van der Waals surface area contributed by atoms with Crippen LogP contribution in [-0.4, -0.2) is 34.5 Å². The van der Waals surface area contributed by atoms with Crippen molar-refractivity contribution in [2.75, 3.05) is 14.2 Å². The van der Waals surface area contributed by atoms with E-state index < -0.39 is 0 Å². The number of nitrogens with zero attached hydrogens (tertiary/aromatic N) is 3. The summed E-state index contributed by atoms with van der Waals surface area (Å²) in [5.41, 5.74) is 2.68. The number of methoxy groups -OCH3 is 1. The van der Waals surface area contributed by atoms with E-state index in [4.69, 9.17) is 9.72 Å². The Morgan fingerprint density at radius 2 is 1.69 bits per heavy atom. The number of thioether (sulfide) groups is 1. The second-order valence-corrected chi connectivity index (χ2v) is 9.93. The molecule has 0 saturated carbocycles. The summed E-state index contributed by atoms with van der Waals surface area (Å²) in [5.74, 6) is 0.434. The van der Waals surface area contributed by atoms with Gasteiger partial charge in [-0.15, -0.1) is 0 Å². The lowest BCUT2D eigenvalue weighted by atomic mass is 10.1. The summed E-state index contributed by atoms with van der Waals surface area (Å²) in [6.45, 7) is 0.452. The van der Waals surface area contributed by atoms with Crippen molar-refractivity contribution in [3.05, 3.63) is 130 Å². The highest BCUT2D eigenvalue weighted by Crippen LogP contribution is 2.27. The van der Waals surface area contributed by atoms with Crippen molar-refractivity contribution in [2.45, 2.75) is 17.5 Å². The maximum absolute atomic E-state index is 14.3. The van der Waals surface area contributed by atoms with Gasteiger partial charge in [0.15, 0.2) is 5.16 Å². The van der Waals surface area contributed by atoms with E-state index in [-0.39, 0.29) is 23.0 Å². The van der Waals surface area contributed by atoms with E-state index in [2.05, 4.69) is 0 Å². The summed E-state index contributed by atoms with van der Waals surface area (Å²) in [7, 11) is 3.31. The van der Waals surface area contributed by atoms with Gasteiger partial charge in [-0.3, -0.25) is 14.2 Å². The molecule has 8 heteroatoms. The highest BCUT2D eigenvalue weighted by molar-refractivity contribution is 7.98. The topological polar surface area (TPSA) is 64.4 Å². The second kappa shape index (κ2) is 11.5. The Morgan fingerprint density at radius 1 is 0.974 bits per heavy atom. The Kier molecular flexibility index (Phi) is 7.74. The van der Waals surface area contributed by atoms with Gasteiger partial charge >= 0.3 is 0 Å². The summed E-state index contributed by atoms with van der Waals surface area (Å²) in [4.78, 5) is 33.4. The van der Waals surface area contributed by atoms with Gasteiger partial charge in [0, 0.05) is 24.9 Å². The van der Waals surface area contributed by atoms with Crippen LogP contribution in [0.1, 0.15) is 21.5 Å². The van der Waals surface area contributed by atoms with Crippen LogP contribution in [0.25, 0.3) is 16.6 Å². The predicted molar refractivity (Wildman–Crippen MR) is 152 cm³/mol. The van der Waals surface area contributed by atoms with Crippen molar-refractivity contribution in [1.82, 2.24) is 14.5 Å². The van der Waals surface area contributed by atoms with Crippen LogP contribution in [-0.2, 0) is 12.3 Å². The fourth-order valence-corrected chi connectivity index (χ4v) is 5.26. The van der Waals surface area contributed by atoms with Gasteiger partial charge in [-0.05, 0) is 59.7 Å². The van der Waals surface area contributed by atoms with Gasteiger partial charge < -0.3 is 9.64 Å². The number of benzene rings is 4. The van der Waals surface area contributed by atoms with E-state index in [1.807, 2.05) is 30.3 Å². The second-order valence-electron chi connectivity index (χ2n) is 8.99. The Balaban J connectivity index is 1.55. The molecule has 5 rings (SSSR count). The summed E-state index contributed by atoms with van der Waals surface area (Å²) in [6, 6.07) is 28.3. The SMILES string of the molecule is COc1ccc(-n2c(SCc3ccccc3F)nc3cc(C(=O)N(C)Cc4ccccc4)ccc3c2=O)cc1. The molecular weight excluding hydrogens is 513 g/mol. The number of carbonyl (C=O) groups excluding carboxylic acids is 1. The molecule has 6 nitrogen and oxygen atoms in total. The van der Waals surface area contributed by atoms with Gasteiger partial charge in [-0.2, -0.15) is 0 Å². The monoisotopic (exact) mass is 539 g/mol. The summed E-state index contributed by atoms with van der Waals surface area (Å²) < 4.78 is 21.1. The number of rotatable bonds is 8. The molecule has 0 spiro atoms. The van der Waals surface area contributed by atoms with Crippen LogP contribution < -0.4 is 10.3 Å². The number of aromatic nitrogens is 2. The lowest BCUT2D eigenvalue weighted by Gasteiger charge is -2.18. The number of carbonyl (C=O) groups is 1. The third-order valence-corrected chi connectivity index (χ3v) is 7.33. The molecule has 0 radical (unpaired) electrons. The van der Waals surface area contributed by atoms with Crippen LogP contribution in [0.3, 0.4) is 0 Å². The molecular formula is C31H26FN3O3S. The first-order chi connectivity index (χ1) is 18.9. The third-order valence-electron chi connectivity index (χ3n) is 6.34. The molecule has 0 bridgehead atoms. The molecule has 0 unspecified atom stereocenters. The van der Waals surface area contributed by atoms with E-state index in [1.54, 1.807) is 79.7 Å². The van der Waals surface area contributed by atoms with Gasteiger partial charge in [0.2, 0.25) is 0 Å². The average Bonchev–Trinajstić information content (AvgIpc) is 2.97. The molecule has 1 aromatic heterocycles. The predicted octanol–water partition coefficient (Wildman–Crippen LogP) is 6.10. The Labute approximate surface area is 229 Å². The summed E-state index contributed by atoms with van der Waals surface area (Å²) >= 11 is 1.26. The number of halogens is 1. The number of hydrogen-bond acceptors (Lipinski definition) is 5. The molecule has 4 aromatic carbocycles. The Bertz CT molecular complexity index is 1690. The Hall–Kier alpha value is -4.43. The van der Waals surface area contributed by atoms with Gasteiger partial charge in [0.25, 0.3) is 11.5 Å². The highest BCUT2D eigenvalue weighted by Gasteiger charge is 2.18. The normalized spacial score (nSPS) is 10.9. The number of hydrogen-bond donors (Lipinski definition) is 0. The van der Waals surface area contributed by atoms with Crippen LogP contribution in [0.5, 0.6) is 5.75 Å². The van der Waals surface area contributed by atoms with E-state index >= 15 is 0 Å². The lowest BCUT2D eigenvalue weighted by Crippen LogP contribution is -2.26. The van der Waals surface area contributed by atoms with Crippen molar-refractivity contribution in [3.63, 3.8) is 0 Å². The van der Waals surface area contributed by atoms with Crippen molar-refractivity contribution in [2.24, 2.45) is 0 Å². The molecule has 0 aliphatic rings. The number of fused-ring (bicyclic) bond motifs is 1. The molecule has 1 heterocycles. The van der Waals surface area contributed by atoms with Crippen molar-refractivity contribution < 1.29 is 13.9 Å². The van der Waals surface area contributed by atoms with Crippen molar-refractivity contribution in [3.8, 4) is 11.4 Å². The number of amides is 1. The summed E-state index contributed by atoms with van der Waals surface area (Å²) in [5, 5.41) is 0.770. The first-order valence-corrected chi connectivity index (χ1v) is 13.3. The fraction of sp³-hybridized carbons (Fsp3) is 0.129. The van der Waals surface area contributed by atoms with Gasteiger partial charge in [0.05, 0.1) is 23.7 Å². The first kappa shape index (κ1) is 26.2. The largest absolute Gasteiger partial charge is 0.497 e. The van der Waals surface area contributed by atoms with E-state index in [1.165, 1.54) is 22.4 Å². The van der Waals surface area contributed by atoms with E-state index in [0.29, 0.717) is 45.2 Å². The smallest absolute Gasteiger partial charge is 0.266 e.